The van der Waals surface area contributed by atoms with E-state index in [1.165, 1.54) is 7.11 Å². The first-order valence-corrected chi connectivity index (χ1v) is 4.58. The monoisotopic (exact) mass is 256 g/mol. The highest BCUT2D eigenvalue weighted by Gasteiger charge is 2.09. The Hall–Kier alpha value is -1.36. The summed E-state index contributed by atoms with van der Waals surface area (Å²) in [6.07, 6.45) is 0. The Morgan fingerprint density at radius 3 is 2.64 bits per heavy atom. The van der Waals surface area contributed by atoms with E-state index < -0.39 is 5.97 Å². The van der Waals surface area contributed by atoms with E-state index in [4.69, 9.17) is 11.1 Å². The zero-order valence-electron chi connectivity index (χ0n) is 7.50. The second-order valence-corrected chi connectivity index (χ2v) is 3.45. The maximum Gasteiger partial charge on any atom is 0.337 e. The summed E-state index contributed by atoms with van der Waals surface area (Å²) in [5.41, 5.74) is 6.28. The van der Waals surface area contributed by atoms with Crippen molar-refractivity contribution in [1.29, 1.82) is 5.41 Å². The molecule has 1 rings (SSSR count). The SMILES string of the molecule is COC(=O)c1ccc(C(=N)N)c(Br)c1. The predicted octanol–water partition coefficient (Wildman–Crippen LogP) is 1.52. The largest absolute Gasteiger partial charge is 0.465 e. The average molecular weight is 257 g/mol. The minimum Gasteiger partial charge on any atom is -0.465 e. The minimum atomic E-state index is -0.416. The van der Waals surface area contributed by atoms with E-state index in [9.17, 15) is 4.79 Å². The highest BCUT2D eigenvalue weighted by Crippen LogP contribution is 2.18. The third-order valence-electron chi connectivity index (χ3n) is 1.68. The van der Waals surface area contributed by atoms with Crippen molar-refractivity contribution in [2.75, 3.05) is 7.11 Å². The number of nitrogen functional groups attached to an aromatic ring is 1. The molecule has 14 heavy (non-hydrogen) atoms. The fraction of sp³-hybridized carbons (Fsp3) is 0.111. The molecule has 0 saturated carbocycles. The molecule has 0 fully saturated rings. The van der Waals surface area contributed by atoms with Gasteiger partial charge in [0.15, 0.2) is 0 Å². The molecule has 0 radical (unpaired) electrons. The molecule has 0 atom stereocenters. The molecule has 0 aliphatic rings. The van der Waals surface area contributed by atoms with Crippen LogP contribution in [-0.4, -0.2) is 18.9 Å². The first kappa shape index (κ1) is 10.7. The first-order valence-electron chi connectivity index (χ1n) is 3.78. The number of esters is 1. The lowest BCUT2D eigenvalue weighted by atomic mass is 10.1. The van der Waals surface area contributed by atoms with Gasteiger partial charge < -0.3 is 10.5 Å². The Morgan fingerprint density at radius 2 is 2.21 bits per heavy atom. The quantitative estimate of drug-likeness (QED) is 0.479. The molecule has 0 saturated heterocycles. The molecule has 0 bridgehead atoms. The Bertz CT molecular complexity index is 390. The summed E-state index contributed by atoms with van der Waals surface area (Å²) in [7, 11) is 1.31. The summed E-state index contributed by atoms with van der Waals surface area (Å²) in [4.78, 5) is 11.1. The number of ether oxygens (including phenoxy) is 1. The van der Waals surface area contributed by atoms with Crippen LogP contribution in [0.1, 0.15) is 15.9 Å². The van der Waals surface area contributed by atoms with Crippen molar-refractivity contribution in [3.05, 3.63) is 33.8 Å². The fourth-order valence-electron chi connectivity index (χ4n) is 0.978. The number of rotatable bonds is 2. The van der Waals surface area contributed by atoms with Gasteiger partial charge in [-0.25, -0.2) is 4.79 Å². The Balaban J connectivity index is 3.12. The van der Waals surface area contributed by atoms with Crippen molar-refractivity contribution < 1.29 is 9.53 Å². The summed E-state index contributed by atoms with van der Waals surface area (Å²) < 4.78 is 5.15. The van der Waals surface area contributed by atoms with Crippen LogP contribution in [0.2, 0.25) is 0 Å². The van der Waals surface area contributed by atoms with Crippen LogP contribution in [0.4, 0.5) is 0 Å². The summed E-state index contributed by atoms with van der Waals surface area (Å²) in [5, 5.41) is 7.23. The number of benzene rings is 1. The fourth-order valence-corrected chi connectivity index (χ4v) is 1.57. The molecule has 0 aliphatic carbocycles. The third kappa shape index (κ3) is 2.11. The highest BCUT2D eigenvalue weighted by atomic mass is 79.9. The van der Waals surface area contributed by atoms with Gasteiger partial charge in [0, 0.05) is 10.0 Å². The number of methoxy groups -OCH3 is 1. The number of hydrogen-bond acceptors (Lipinski definition) is 3. The van der Waals surface area contributed by atoms with Crippen LogP contribution >= 0.6 is 15.9 Å². The lowest BCUT2D eigenvalue weighted by molar-refractivity contribution is 0.0600. The van der Waals surface area contributed by atoms with Crippen molar-refractivity contribution >= 4 is 27.7 Å². The van der Waals surface area contributed by atoms with E-state index in [1.54, 1.807) is 18.2 Å². The number of amidine groups is 1. The summed E-state index contributed by atoms with van der Waals surface area (Å²) in [5.74, 6) is -0.464. The Morgan fingerprint density at radius 1 is 1.57 bits per heavy atom. The van der Waals surface area contributed by atoms with Gasteiger partial charge in [-0.05, 0) is 18.2 Å². The molecule has 0 aliphatic heterocycles. The standard InChI is InChI=1S/C9H9BrN2O2/c1-14-9(13)5-2-3-6(8(11)12)7(10)4-5/h2-4H,1H3,(H3,11,12). The molecule has 1 aromatic rings. The van der Waals surface area contributed by atoms with Gasteiger partial charge in [0.1, 0.15) is 5.84 Å². The van der Waals surface area contributed by atoms with E-state index in [0.717, 1.165) is 0 Å². The van der Waals surface area contributed by atoms with Gasteiger partial charge in [-0.3, -0.25) is 5.41 Å². The van der Waals surface area contributed by atoms with Gasteiger partial charge in [-0.15, -0.1) is 0 Å². The van der Waals surface area contributed by atoms with Gasteiger partial charge >= 0.3 is 5.97 Å². The van der Waals surface area contributed by atoms with Crippen LogP contribution in [0, 0.1) is 5.41 Å². The predicted molar refractivity (Wildman–Crippen MR) is 56.5 cm³/mol. The van der Waals surface area contributed by atoms with E-state index in [-0.39, 0.29) is 5.84 Å². The molecule has 0 aromatic heterocycles. The van der Waals surface area contributed by atoms with Gasteiger partial charge in [-0.2, -0.15) is 0 Å². The minimum absolute atomic E-state index is 0.0479. The topological polar surface area (TPSA) is 76.2 Å². The molecule has 4 nitrogen and oxygen atoms in total. The number of halogens is 1. The van der Waals surface area contributed by atoms with Gasteiger partial charge in [0.2, 0.25) is 0 Å². The normalized spacial score (nSPS) is 9.57. The number of hydrogen-bond donors (Lipinski definition) is 2. The van der Waals surface area contributed by atoms with Crippen molar-refractivity contribution in [2.45, 2.75) is 0 Å². The van der Waals surface area contributed by atoms with Crippen molar-refractivity contribution in [3.63, 3.8) is 0 Å². The number of carbonyl (C=O) groups excluding carboxylic acids is 1. The van der Waals surface area contributed by atoms with Crippen LogP contribution in [-0.2, 0) is 4.74 Å². The zero-order valence-corrected chi connectivity index (χ0v) is 9.09. The van der Waals surface area contributed by atoms with Crippen LogP contribution in [0.15, 0.2) is 22.7 Å². The van der Waals surface area contributed by atoms with Gasteiger partial charge in [0.05, 0.1) is 12.7 Å². The van der Waals surface area contributed by atoms with E-state index in [2.05, 4.69) is 20.7 Å². The molecule has 0 unspecified atom stereocenters. The second kappa shape index (κ2) is 4.23. The lowest BCUT2D eigenvalue weighted by Crippen LogP contribution is -2.12. The first-order chi connectivity index (χ1) is 6.56. The summed E-state index contributed by atoms with van der Waals surface area (Å²) in [6, 6.07) is 4.73. The highest BCUT2D eigenvalue weighted by molar-refractivity contribution is 9.10. The van der Waals surface area contributed by atoms with Crippen molar-refractivity contribution in [2.24, 2.45) is 5.73 Å². The Kier molecular flexibility index (Phi) is 3.24. The van der Waals surface area contributed by atoms with E-state index >= 15 is 0 Å². The average Bonchev–Trinajstić information content (AvgIpc) is 2.15. The number of carbonyl (C=O) groups is 1. The molecule has 1 aromatic carbocycles. The third-order valence-corrected chi connectivity index (χ3v) is 2.34. The molecule has 5 heteroatoms. The number of nitrogens with two attached hydrogens (primary N) is 1. The molecule has 0 amide bonds. The van der Waals surface area contributed by atoms with E-state index in [1.807, 2.05) is 0 Å². The van der Waals surface area contributed by atoms with Crippen LogP contribution in [0.25, 0.3) is 0 Å². The van der Waals surface area contributed by atoms with Gasteiger partial charge in [-0.1, -0.05) is 15.9 Å². The maximum absolute atomic E-state index is 11.1. The zero-order chi connectivity index (χ0) is 10.7. The Labute approximate surface area is 89.7 Å². The van der Waals surface area contributed by atoms with E-state index in [0.29, 0.717) is 15.6 Å². The van der Waals surface area contributed by atoms with Crippen LogP contribution in [0.5, 0.6) is 0 Å². The molecular weight excluding hydrogens is 248 g/mol. The second-order valence-electron chi connectivity index (χ2n) is 2.60. The molecule has 74 valence electrons. The maximum atomic E-state index is 11.1. The lowest BCUT2D eigenvalue weighted by Gasteiger charge is -2.04. The summed E-state index contributed by atoms with van der Waals surface area (Å²) in [6.45, 7) is 0. The summed E-state index contributed by atoms with van der Waals surface area (Å²) >= 11 is 3.22. The van der Waals surface area contributed by atoms with Crippen molar-refractivity contribution in [1.82, 2.24) is 0 Å². The molecule has 0 heterocycles. The van der Waals surface area contributed by atoms with Crippen molar-refractivity contribution in [3.8, 4) is 0 Å². The van der Waals surface area contributed by atoms with Crippen LogP contribution < -0.4 is 5.73 Å². The smallest absolute Gasteiger partial charge is 0.337 e. The van der Waals surface area contributed by atoms with Crippen LogP contribution in [0.3, 0.4) is 0 Å². The molecular formula is C9H9BrN2O2. The molecule has 3 N–H and O–H groups in total. The molecule has 0 spiro atoms. The van der Waals surface area contributed by atoms with Gasteiger partial charge in [0.25, 0.3) is 0 Å². The number of nitrogens with one attached hydrogen (secondary N) is 1.